The van der Waals surface area contributed by atoms with Crippen LogP contribution in [0, 0.1) is 0 Å². The average molecular weight is 378 g/mol. The van der Waals surface area contributed by atoms with Crippen molar-refractivity contribution in [1.82, 2.24) is 4.98 Å². The predicted molar refractivity (Wildman–Crippen MR) is 76.5 cm³/mol. The van der Waals surface area contributed by atoms with E-state index in [-0.39, 0.29) is 5.69 Å². The average Bonchev–Trinajstić information content (AvgIpc) is 2.83. The molecular weight excluding hydrogens is 367 g/mol. The third-order valence-corrected chi connectivity index (χ3v) is 3.27. The minimum absolute atomic E-state index is 0.0177. The molecule has 1 aliphatic rings. The Hall–Kier alpha value is -0.920. The number of pyridine rings is 1. The van der Waals surface area contributed by atoms with Crippen molar-refractivity contribution in [3.8, 4) is 0 Å². The highest BCUT2D eigenvalue weighted by molar-refractivity contribution is 6.67. The number of amides is 1. The fourth-order valence-corrected chi connectivity index (χ4v) is 2.26. The van der Waals surface area contributed by atoms with Gasteiger partial charge < -0.3 is 4.74 Å². The minimum Gasteiger partial charge on any atom is -0.445 e. The Morgan fingerprint density at radius 3 is 2.59 bits per heavy atom. The number of aromatic nitrogens is 1. The molecule has 0 spiro atoms. The largest absolute Gasteiger partial charge is 0.445 e. The van der Waals surface area contributed by atoms with E-state index in [1.54, 1.807) is 0 Å². The number of anilines is 1. The van der Waals surface area contributed by atoms with E-state index in [1.165, 1.54) is 0 Å². The van der Waals surface area contributed by atoms with Gasteiger partial charge in [0.25, 0.3) is 0 Å². The monoisotopic (exact) mass is 376 g/mol. The van der Waals surface area contributed by atoms with Crippen molar-refractivity contribution in [2.45, 2.75) is 29.2 Å². The molecule has 1 aromatic heterocycles. The Bertz CT molecular complexity index is 588. The number of rotatable bonds is 2. The second kappa shape index (κ2) is 6.29. The number of nitrogens with one attached hydrogen (secondary N) is 1. The van der Waals surface area contributed by atoms with E-state index in [1.807, 2.05) is 0 Å². The van der Waals surface area contributed by atoms with E-state index in [9.17, 15) is 18.0 Å². The van der Waals surface area contributed by atoms with E-state index >= 15 is 0 Å². The predicted octanol–water partition coefficient (Wildman–Crippen LogP) is 4.51. The molecular formula is C12H10Cl3F3N2O2. The third-order valence-electron chi connectivity index (χ3n) is 2.94. The molecule has 0 atom stereocenters. The maximum absolute atomic E-state index is 12.8. The topological polar surface area (TPSA) is 51.2 Å². The molecule has 1 aliphatic carbocycles. The van der Waals surface area contributed by atoms with Crippen LogP contribution in [0.1, 0.15) is 23.4 Å². The number of hydrogen-bond acceptors (Lipinski definition) is 3. The molecule has 0 bridgehead atoms. The fourth-order valence-electron chi connectivity index (χ4n) is 2.09. The van der Waals surface area contributed by atoms with Crippen LogP contribution < -0.4 is 5.32 Å². The Labute approximate surface area is 138 Å². The van der Waals surface area contributed by atoms with Gasteiger partial charge in [0.1, 0.15) is 12.3 Å². The highest BCUT2D eigenvalue weighted by Crippen LogP contribution is 2.35. The molecule has 0 unspecified atom stereocenters. The molecule has 0 fully saturated rings. The van der Waals surface area contributed by atoms with E-state index in [4.69, 9.17) is 34.8 Å². The highest BCUT2D eigenvalue weighted by Gasteiger charge is 2.35. The summed E-state index contributed by atoms with van der Waals surface area (Å²) in [6, 6.07) is 0.779. The maximum Gasteiger partial charge on any atom is 0.433 e. The molecule has 1 amide bonds. The first-order chi connectivity index (χ1) is 10.1. The summed E-state index contributed by atoms with van der Waals surface area (Å²) in [6.45, 7) is -0.525. The summed E-state index contributed by atoms with van der Waals surface area (Å²) in [5.74, 6) is 0. The number of aryl methyl sites for hydroxylation is 1. The first kappa shape index (κ1) is 17.4. The summed E-state index contributed by atoms with van der Waals surface area (Å²) in [7, 11) is 0. The lowest BCUT2D eigenvalue weighted by Crippen LogP contribution is -2.22. The number of carbonyl (C=O) groups excluding carboxylic acids is 1. The van der Waals surface area contributed by atoms with Crippen LogP contribution in [0.25, 0.3) is 0 Å². The molecule has 0 radical (unpaired) electrons. The van der Waals surface area contributed by atoms with Crippen molar-refractivity contribution >= 4 is 46.6 Å². The number of hydrogen-bond donors (Lipinski definition) is 1. The third kappa shape index (κ3) is 4.54. The zero-order valence-corrected chi connectivity index (χ0v) is 13.2. The number of ether oxygens (including phenoxy) is 1. The number of fused-ring (bicyclic) bond motifs is 1. The first-order valence-electron chi connectivity index (χ1n) is 6.17. The Morgan fingerprint density at radius 1 is 1.32 bits per heavy atom. The van der Waals surface area contributed by atoms with Gasteiger partial charge >= 0.3 is 12.3 Å². The van der Waals surface area contributed by atoms with Crippen LogP contribution in [-0.2, 0) is 23.8 Å². The molecule has 0 aliphatic heterocycles. The molecule has 1 aromatic rings. The number of halogens is 6. The molecule has 1 N–H and O–H groups in total. The SMILES string of the molecule is O=C(Nc1cc(C(F)(F)F)nc2c1CCC2)OCC(Cl)(Cl)Cl. The van der Waals surface area contributed by atoms with Crippen LogP contribution in [0.2, 0.25) is 0 Å². The van der Waals surface area contributed by atoms with Gasteiger partial charge in [-0.1, -0.05) is 34.8 Å². The van der Waals surface area contributed by atoms with E-state index < -0.39 is 28.4 Å². The summed E-state index contributed by atoms with van der Waals surface area (Å²) < 4.78 is 41.3. The maximum atomic E-state index is 12.8. The van der Waals surface area contributed by atoms with Crippen LogP contribution >= 0.6 is 34.8 Å². The molecule has 0 saturated heterocycles. The van der Waals surface area contributed by atoms with Gasteiger partial charge in [0, 0.05) is 5.69 Å². The normalized spacial score (nSPS) is 14.6. The van der Waals surface area contributed by atoms with Gasteiger partial charge in [-0.15, -0.1) is 0 Å². The van der Waals surface area contributed by atoms with Gasteiger partial charge in [0.15, 0.2) is 0 Å². The molecule has 1 heterocycles. The summed E-state index contributed by atoms with van der Waals surface area (Å²) in [5, 5.41) is 2.25. The van der Waals surface area contributed by atoms with Gasteiger partial charge in [-0.25, -0.2) is 9.78 Å². The first-order valence-corrected chi connectivity index (χ1v) is 7.30. The quantitative estimate of drug-likeness (QED) is 0.772. The number of nitrogens with zero attached hydrogens (tertiary/aromatic N) is 1. The molecule has 122 valence electrons. The lowest BCUT2D eigenvalue weighted by Gasteiger charge is -2.15. The summed E-state index contributed by atoms with van der Waals surface area (Å²) >= 11 is 16.3. The van der Waals surface area contributed by atoms with Gasteiger partial charge in [0.2, 0.25) is 3.79 Å². The number of carbonyl (C=O) groups is 1. The second-order valence-corrected chi connectivity index (χ2v) is 7.16. The second-order valence-electron chi connectivity index (χ2n) is 4.65. The lowest BCUT2D eigenvalue weighted by atomic mass is 10.1. The molecule has 0 saturated carbocycles. The van der Waals surface area contributed by atoms with Crippen LogP contribution in [0.15, 0.2) is 6.07 Å². The minimum atomic E-state index is -4.60. The molecule has 10 heteroatoms. The van der Waals surface area contributed by atoms with E-state index in [0.29, 0.717) is 30.5 Å². The van der Waals surface area contributed by atoms with E-state index in [0.717, 1.165) is 6.07 Å². The van der Waals surface area contributed by atoms with Crippen molar-refractivity contribution in [1.29, 1.82) is 0 Å². The van der Waals surface area contributed by atoms with Gasteiger partial charge in [-0.05, 0) is 30.9 Å². The Kier molecular flexibility index (Phi) is 4.99. The summed E-state index contributed by atoms with van der Waals surface area (Å²) in [4.78, 5) is 15.2. The van der Waals surface area contributed by atoms with Crippen LogP contribution in [0.5, 0.6) is 0 Å². The lowest BCUT2D eigenvalue weighted by molar-refractivity contribution is -0.141. The zero-order valence-electron chi connectivity index (χ0n) is 10.9. The number of alkyl halides is 6. The van der Waals surface area contributed by atoms with Crippen molar-refractivity contribution in [3.05, 3.63) is 23.0 Å². The van der Waals surface area contributed by atoms with Crippen LogP contribution in [0.3, 0.4) is 0 Å². The standard InChI is InChI=1S/C12H10Cl3F3N2O2/c13-11(14,15)5-22-10(21)20-8-4-9(12(16,17)18)19-7-3-1-2-6(7)8/h4H,1-3,5H2,(H,19,20,21). The van der Waals surface area contributed by atoms with Gasteiger partial charge in [-0.2, -0.15) is 13.2 Å². The summed E-state index contributed by atoms with van der Waals surface area (Å²) in [5.41, 5.74) is -0.153. The smallest absolute Gasteiger partial charge is 0.433 e. The zero-order chi connectivity index (χ0) is 16.5. The summed E-state index contributed by atoms with van der Waals surface area (Å²) in [6.07, 6.45) is -3.98. The van der Waals surface area contributed by atoms with E-state index in [2.05, 4.69) is 15.0 Å². The molecule has 2 rings (SSSR count). The van der Waals surface area contributed by atoms with Crippen molar-refractivity contribution in [3.63, 3.8) is 0 Å². The van der Waals surface area contributed by atoms with Crippen molar-refractivity contribution in [2.75, 3.05) is 11.9 Å². The fraction of sp³-hybridized carbons (Fsp3) is 0.500. The van der Waals surface area contributed by atoms with Crippen LogP contribution in [0.4, 0.5) is 23.7 Å². The van der Waals surface area contributed by atoms with Crippen molar-refractivity contribution in [2.24, 2.45) is 0 Å². The molecule has 0 aromatic carbocycles. The highest BCUT2D eigenvalue weighted by atomic mass is 35.6. The Morgan fingerprint density at radius 2 is 2.00 bits per heavy atom. The Balaban J connectivity index is 2.20. The molecule has 22 heavy (non-hydrogen) atoms. The van der Waals surface area contributed by atoms with Crippen LogP contribution in [-0.4, -0.2) is 21.5 Å². The van der Waals surface area contributed by atoms with Crippen molar-refractivity contribution < 1.29 is 22.7 Å². The van der Waals surface area contributed by atoms with Gasteiger partial charge in [-0.3, -0.25) is 5.32 Å². The molecule has 4 nitrogen and oxygen atoms in total. The van der Waals surface area contributed by atoms with Gasteiger partial charge in [0.05, 0.1) is 5.69 Å².